The maximum atomic E-state index is 13.6. The van der Waals surface area contributed by atoms with Gasteiger partial charge in [-0.05, 0) is 42.9 Å². The molecule has 3 atom stereocenters. The largest absolute Gasteiger partial charge is 0.346 e. The number of fused-ring (bicyclic) bond motifs is 2. The quantitative estimate of drug-likeness (QED) is 0.726. The van der Waals surface area contributed by atoms with Gasteiger partial charge < -0.3 is 15.1 Å². The molecule has 1 saturated carbocycles. The Labute approximate surface area is 191 Å². The SMILES string of the molecule is C[C@H]1CC2CN(C(=O)CCNC3(c4ccc(F)c(F)c4)CC3)CC1N2c1cnc(C#N)cn1. The van der Waals surface area contributed by atoms with Crippen LogP contribution in [-0.2, 0) is 10.3 Å². The number of halogens is 2. The number of carbonyl (C=O) groups is 1. The van der Waals surface area contributed by atoms with Crippen molar-refractivity contribution < 1.29 is 13.6 Å². The van der Waals surface area contributed by atoms with Crippen molar-refractivity contribution in [1.29, 1.82) is 5.26 Å². The van der Waals surface area contributed by atoms with Crippen LogP contribution in [0.15, 0.2) is 30.6 Å². The Balaban J connectivity index is 1.19. The van der Waals surface area contributed by atoms with Gasteiger partial charge in [-0.25, -0.2) is 18.7 Å². The highest BCUT2D eigenvalue weighted by atomic mass is 19.2. The van der Waals surface area contributed by atoms with Gasteiger partial charge in [-0.2, -0.15) is 5.26 Å². The molecule has 1 amide bonds. The number of amides is 1. The van der Waals surface area contributed by atoms with Gasteiger partial charge in [0.1, 0.15) is 11.9 Å². The fourth-order valence-electron chi connectivity index (χ4n) is 5.36. The second kappa shape index (κ2) is 8.34. The van der Waals surface area contributed by atoms with Crippen LogP contribution in [0.2, 0.25) is 0 Å². The Kier molecular flexibility index (Phi) is 5.49. The van der Waals surface area contributed by atoms with E-state index in [1.165, 1.54) is 12.3 Å². The summed E-state index contributed by atoms with van der Waals surface area (Å²) in [5, 5.41) is 12.4. The van der Waals surface area contributed by atoms with Crippen LogP contribution >= 0.6 is 0 Å². The summed E-state index contributed by atoms with van der Waals surface area (Å²) in [6, 6.07) is 6.36. The predicted molar refractivity (Wildman–Crippen MR) is 117 cm³/mol. The summed E-state index contributed by atoms with van der Waals surface area (Å²) in [7, 11) is 0. The van der Waals surface area contributed by atoms with E-state index in [9.17, 15) is 13.6 Å². The Morgan fingerprint density at radius 3 is 2.70 bits per heavy atom. The number of hydrogen-bond acceptors (Lipinski definition) is 6. The number of rotatable bonds is 6. The minimum Gasteiger partial charge on any atom is -0.346 e. The van der Waals surface area contributed by atoms with Gasteiger partial charge in [-0.15, -0.1) is 0 Å². The van der Waals surface area contributed by atoms with Gasteiger partial charge in [0.05, 0.1) is 18.4 Å². The first-order valence-electron chi connectivity index (χ1n) is 11.4. The van der Waals surface area contributed by atoms with Crippen LogP contribution in [0.25, 0.3) is 0 Å². The van der Waals surface area contributed by atoms with Crippen LogP contribution in [0.1, 0.15) is 43.9 Å². The van der Waals surface area contributed by atoms with E-state index in [2.05, 4.69) is 27.1 Å². The molecule has 3 heterocycles. The second-order valence-corrected chi connectivity index (χ2v) is 9.40. The number of anilines is 1. The molecule has 9 heteroatoms. The monoisotopic (exact) mass is 452 g/mol. The minimum absolute atomic E-state index is 0.0956. The maximum absolute atomic E-state index is 13.6. The average Bonchev–Trinajstić information content (AvgIpc) is 3.57. The molecule has 2 aliphatic heterocycles. The molecule has 33 heavy (non-hydrogen) atoms. The molecule has 2 unspecified atom stereocenters. The molecular weight excluding hydrogens is 426 g/mol. The number of aromatic nitrogens is 2. The highest BCUT2D eigenvalue weighted by Gasteiger charge is 2.47. The third-order valence-corrected chi connectivity index (χ3v) is 7.28. The van der Waals surface area contributed by atoms with Crippen molar-refractivity contribution in [3.63, 3.8) is 0 Å². The van der Waals surface area contributed by atoms with Crippen LogP contribution in [0.4, 0.5) is 14.6 Å². The van der Waals surface area contributed by atoms with E-state index >= 15 is 0 Å². The third kappa shape index (κ3) is 4.04. The zero-order chi connectivity index (χ0) is 23.2. The first kappa shape index (κ1) is 21.7. The molecule has 5 rings (SSSR count). The molecule has 1 aromatic heterocycles. The number of hydrogen-bond donors (Lipinski definition) is 1. The Morgan fingerprint density at radius 2 is 2.06 bits per heavy atom. The minimum atomic E-state index is -0.847. The van der Waals surface area contributed by atoms with Gasteiger partial charge in [-0.1, -0.05) is 13.0 Å². The predicted octanol–water partition coefficient (Wildman–Crippen LogP) is 2.72. The molecule has 1 aromatic carbocycles. The number of benzene rings is 1. The number of nitrogens with zero attached hydrogens (tertiary/aromatic N) is 5. The molecule has 2 bridgehead atoms. The molecule has 2 aromatic rings. The third-order valence-electron chi connectivity index (χ3n) is 7.28. The molecular formula is C24H26F2N6O. The number of carbonyl (C=O) groups excluding carboxylic acids is 1. The van der Waals surface area contributed by atoms with Crippen molar-refractivity contribution in [3.8, 4) is 6.07 Å². The van der Waals surface area contributed by atoms with E-state index in [1.807, 2.05) is 11.0 Å². The summed E-state index contributed by atoms with van der Waals surface area (Å²) >= 11 is 0. The number of nitriles is 1. The molecule has 2 saturated heterocycles. The van der Waals surface area contributed by atoms with E-state index in [-0.39, 0.29) is 29.2 Å². The summed E-state index contributed by atoms with van der Waals surface area (Å²) in [6.45, 7) is 3.95. The van der Waals surface area contributed by atoms with E-state index in [0.29, 0.717) is 32.0 Å². The highest BCUT2D eigenvalue weighted by molar-refractivity contribution is 5.77. The lowest BCUT2D eigenvalue weighted by Crippen LogP contribution is -2.56. The van der Waals surface area contributed by atoms with Crippen LogP contribution in [-0.4, -0.2) is 52.5 Å². The van der Waals surface area contributed by atoms with Gasteiger partial charge >= 0.3 is 0 Å². The average molecular weight is 453 g/mol. The van der Waals surface area contributed by atoms with Gasteiger partial charge in [0.2, 0.25) is 5.91 Å². The van der Waals surface area contributed by atoms with Gasteiger partial charge in [0, 0.05) is 37.6 Å². The number of nitrogens with one attached hydrogen (secondary N) is 1. The van der Waals surface area contributed by atoms with Crippen molar-refractivity contribution >= 4 is 11.7 Å². The normalized spacial score (nSPS) is 25.1. The van der Waals surface area contributed by atoms with E-state index < -0.39 is 11.6 Å². The van der Waals surface area contributed by atoms with E-state index in [0.717, 1.165) is 36.7 Å². The Bertz CT molecular complexity index is 1100. The molecule has 1 aliphatic carbocycles. The van der Waals surface area contributed by atoms with E-state index in [4.69, 9.17) is 5.26 Å². The zero-order valence-corrected chi connectivity index (χ0v) is 18.5. The molecule has 1 N–H and O–H groups in total. The van der Waals surface area contributed by atoms with E-state index in [1.54, 1.807) is 12.3 Å². The van der Waals surface area contributed by atoms with Crippen molar-refractivity contribution in [1.82, 2.24) is 20.2 Å². The van der Waals surface area contributed by atoms with Gasteiger partial charge in [-0.3, -0.25) is 4.79 Å². The van der Waals surface area contributed by atoms with Gasteiger partial charge in [0.15, 0.2) is 17.3 Å². The van der Waals surface area contributed by atoms with Crippen molar-refractivity contribution in [3.05, 3.63) is 53.5 Å². The molecule has 0 radical (unpaired) electrons. The Morgan fingerprint density at radius 1 is 1.24 bits per heavy atom. The van der Waals surface area contributed by atoms with Crippen LogP contribution in [0.3, 0.4) is 0 Å². The zero-order valence-electron chi connectivity index (χ0n) is 18.5. The molecule has 172 valence electrons. The molecule has 0 spiro atoms. The molecule has 3 aliphatic rings. The van der Waals surface area contributed by atoms with Crippen molar-refractivity contribution in [2.75, 3.05) is 24.5 Å². The summed E-state index contributed by atoms with van der Waals surface area (Å²) in [6.07, 6.45) is 6.16. The number of piperazine rings is 1. The maximum Gasteiger partial charge on any atom is 0.223 e. The fraction of sp³-hybridized carbons (Fsp3) is 0.500. The fourth-order valence-corrected chi connectivity index (χ4v) is 5.36. The van der Waals surface area contributed by atoms with Crippen LogP contribution in [0.5, 0.6) is 0 Å². The second-order valence-electron chi connectivity index (χ2n) is 9.40. The lowest BCUT2D eigenvalue weighted by molar-refractivity contribution is -0.132. The Hall–Kier alpha value is -3.12. The lowest BCUT2D eigenvalue weighted by Gasteiger charge is -2.42. The van der Waals surface area contributed by atoms with Gasteiger partial charge in [0.25, 0.3) is 0 Å². The van der Waals surface area contributed by atoms with Crippen LogP contribution < -0.4 is 10.2 Å². The summed E-state index contributed by atoms with van der Waals surface area (Å²) in [5.41, 5.74) is 0.671. The summed E-state index contributed by atoms with van der Waals surface area (Å²) < 4.78 is 26.9. The molecule has 7 nitrogen and oxygen atoms in total. The highest BCUT2D eigenvalue weighted by Crippen LogP contribution is 2.45. The van der Waals surface area contributed by atoms with Crippen LogP contribution in [0, 0.1) is 28.9 Å². The molecule has 3 fully saturated rings. The summed E-state index contributed by atoms with van der Waals surface area (Å²) in [5.74, 6) is -0.417. The van der Waals surface area contributed by atoms with Crippen molar-refractivity contribution in [2.45, 2.75) is 50.2 Å². The number of likely N-dealkylation sites (tertiary alicyclic amines) is 1. The first-order valence-corrected chi connectivity index (χ1v) is 11.4. The standard InChI is InChI=1S/C24H26F2N6O/c1-15-8-18-13-31(14-21(15)32(18)22-12-28-17(10-27)11-29-22)23(33)4-7-30-24(5-6-24)16-2-3-19(25)20(26)9-16/h2-3,9,11-12,15,18,21,30H,4-8,13-14H2,1H3/t15-,18?,21?/m0/s1. The summed E-state index contributed by atoms with van der Waals surface area (Å²) in [4.78, 5) is 25.7. The first-order chi connectivity index (χ1) is 15.9. The topological polar surface area (TPSA) is 85.2 Å². The smallest absolute Gasteiger partial charge is 0.223 e. The van der Waals surface area contributed by atoms with Crippen molar-refractivity contribution in [2.24, 2.45) is 5.92 Å². The lowest BCUT2D eigenvalue weighted by atomic mass is 10.0.